The van der Waals surface area contributed by atoms with E-state index in [0.717, 1.165) is 16.4 Å². The highest BCUT2D eigenvalue weighted by Gasteiger charge is 2.58. The zero-order chi connectivity index (χ0) is 13.6. The van der Waals surface area contributed by atoms with E-state index in [1.165, 1.54) is 0 Å². The van der Waals surface area contributed by atoms with Gasteiger partial charge in [0.25, 0.3) is 0 Å². The smallest absolute Gasteiger partial charge is 0.244 e. The molecule has 1 aromatic rings. The quantitative estimate of drug-likeness (QED) is 0.643. The van der Waals surface area contributed by atoms with Gasteiger partial charge in [0.15, 0.2) is 0 Å². The lowest BCUT2D eigenvalue weighted by Gasteiger charge is -2.25. The molecule has 2 fully saturated rings. The van der Waals surface area contributed by atoms with Crippen molar-refractivity contribution < 1.29 is 9.59 Å². The molecule has 3 rings (SSSR count). The first-order chi connectivity index (χ1) is 9.04. The number of hydrogen-bond acceptors (Lipinski definition) is 3. The normalized spacial score (nSPS) is 19.8. The van der Waals surface area contributed by atoms with Gasteiger partial charge in [0.2, 0.25) is 11.8 Å². The van der Waals surface area contributed by atoms with Gasteiger partial charge in [-0.2, -0.15) is 0 Å². The number of halogens is 1. The molecule has 0 unspecified atom stereocenters. The molecule has 0 aromatic carbocycles. The average molecular weight is 371 g/mol. The summed E-state index contributed by atoms with van der Waals surface area (Å²) in [5.74, 6) is -0.0438. The van der Waals surface area contributed by atoms with E-state index < -0.39 is 11.3 Å². The van der Waals surface area contributed by atoms with E-state index in [1.54, 1.807) is 11.1 Å². The van der Waals surface area contributed by atoms with E-state index in [1.807, 2.05) is 12.1 Å². The van der Waals surface area contributed by atoms with Crippen molar-refractivity contribution in [2.24, 2.45) is 11.1 Å². The first kappa shape index (κ1) is 12.8. The lowest BCUT2D eigenvalue weighted by molar-refractivity contribution is -0.133. The molecule has 0 spiro atoms. The van der Waals surface area contributed by atoms with Crippen LogP contribution in [-0.4, -0.2) is 22.8 Å². The van der Waals surface area contributed by atoms with Crippen molar-refractivity contribution in [2.75, 3.05) is 4.90 Å². The highest BCUT2D eigenvalue weighted by molar-refractivity contribution is 14.1. The Bertz CT molecular complexity index is 553. The molecule has 0 radical (unpaired) electrons. The summed E-state index contributed by atoms with van der Waals surface area (Å²) in [6.45, 7) is 0. The number of aromatic nitrogens is 1. The van der Waals surface area contributed by atoms with Gasteiger partial charge < -0.3 is 5.73 Å². The van der Waals surface area contributed by atoms with Crippen LogP contribution in [0.25, 0.3) is 0 Å². The largest absolute Gasteiger partial charge is 0.369 e. The number of hydrogen-bond donors (Lipinski definition) is 1. The SMILES string of the molecule is NC(=O)C1(C(=O)N(c2cc(I)ccn2)C2CC2)CC1. The number of amides is 2. The van der Waals surface area contributed by atoms with Crippen molar-refractivity contribution >= 4 is 40.2 Å². The first-order valence-electron chi connectivity index (χ1n) is 6.30. The molecular formula is C13H14IN3O2. The molecule has 2 N–H and O–H groups in total. The molecule has 5 nitrogen and oxygen atoms in total. The maximum absolute atomic E-state index is 12.6. The fourth-order valence-electron chi connectivity index (χ4n) is 2.24. The summed E-state index contributed by atoms with van der Waals surface area (Å²) in [7, 11) is 0. The Morgan fingerprint density at radius 3 is 2.58 bits per heavy atom. The summed E-state index contributed by atoms with van der Waals surface area (Å²) in [5.41, 5.74) is 4.42. The molecule has 0 aliphatic heterocycles. The van der Waals surface area contributed by atoms with Crippen LogP contribution in [-0.2, 0) is 9.59 Å². The Hall–Kier alpha value is -1.18. The average Bonchev–Trinajstić information content (AvgIpc) is 3.24. The fraction of sp³-hybridized carbons (Fsp3) is 0.462. The lowest BCUT2D eigenvalue weighted by atomic mass is 10.0. The third-order valence-corrected chi connectivity index (χ3v) is 4.39. The minimum Gasteiger partial charge on any atom is -0.369 e. The third-order valence-electron chi connectivity index (χ3n) is 3.72. The van der Waals surface area contributed by atoms with Crippen LogP contribution in [0.1, 0.15) is 25.7 Å². The van der Waals surface area contributed by atoms with Crippen LogP contribution < -0.4 is 10.6 Å². The number of carbonyl (C=O) groups excluding carboxylic acids is 2. The molecule has 0 saturated heterocycles. The second-order valence-electron chi connectivity index (χ2n) is 5.18. The van der Waals surface area contributed by atoms with Crippen LogP contribution in [0.15, 0.2) is 18.3 Å². The standard InChI is InChI=1S/C13H14IN3O2/c14-8-3-6-16-10(7-8)17(9-1-2-9)12(19)13(4-5-13)11(15)18/h3,6-7,9H,1-2,4-5H2,(H2,15,18). The minimum atomic E-state index is -0.967. The molecule has 2 aliphatic carbocycles. The van der Waals surface area contributed by atoms with Crippen molar-refractivity contribution in [3.8, 4) is 0 Å². The van der Waals surface area contributed by atoms with Crippen LogP contribution >= 0.6 is 22.6 Å². The van der Waals surface area contributed by atoms with Crippen molar-refractivity contribution in [3.63, 3.8) is 0 Å². The Morgan fingerprint density at radius 2 is 2.11 bits per heavy atom. The molecule has 1 heterocycles. The van der Waals surface area contributed by atoms with E-state index in [-0.39, 0.29) is 11.9 Å². The van der Waals surface area contributed by atoms with E-state index in [4.69, 9.17) is 5.73 Å². The second kappa shape index (κ2) is 4.43. The summed E-state index contributed by atoms with van der Waals surface area (Å²) in [5, 5.41) is 0. The predicted molar refractivity (Wildman–Crippen MR) is 78.3 cm³/mol. The topological polar surface area (TPSA) is 76.3 Å². The Kier molecular flexibility index (Phi) is 2.99. The number of primary amides is 1. The highest BCUT2D eigenvalue weighted by atomic mass is 127. The number of anilines is 1. The number of carbonyl (C=O) groups is 2. The summed E-state index contributed by atoms with van der Waals surface area (Å²) in [6.07, 6.45) is 4.74. The van der Waals surface area contributed by atoms with Crippen LogP contribution in [0.2, 0.25) is 0 Å². The van der Waals surface area contributed by atoms with E-state index >= 15 is 0 Å². The number of nitrogens with zero attached hydrogens (tertiary/aromatic N) is 2. The summed E-state index contributed by atoms with van der Waals surface area (Å²) in [4.78, 5) is 30.1. The Balaban J connectivity index is 1.94. The molecule has 100 valence electrons. The molecular weight excluding hydrogens is 357 g/mol. The fourth-order valence-corrected chi connectivity index (χ4v) is 2.68. The lowest BCUT2D eigenvalue weighted by Crippen LogP contribution is -2.45. The zero-order valence-electron chi connectivity index (χ0n) is 10.3. The second-order valence-corrected chi connectivity index (χ2v) is 6.43. The molecule has 19 heavy (non-hydrogen) atoms. The van der Waals surface area contributed by atoms with Gasteiger partial charge >= 0.3 is 0 Å². The van der Waals surface area contributed by atoms with Crippen molar-refractivity contribution in [2.45, 2.75) is 31.7 Å². The summed E-state index contributed by atoms with van der Waals surface area (Å²) >= 11 is 2.19. The van der Waals surface area contributed by atoms with E-state index in [0.29, 0.717) is 18.7 Å². The van der Waals surface area contributed by atoms with Crippen molar-refractivity contribution in [1.29, 1.82) is 0 Å². The van der Waals surface area contributed by atoms with E-state index in [9.17, 15) is 9.59 Å². The first-order valence-corrected chi connectivity index (χ1v) is 7.37. The molecule has 6 heteroatoms. The van der Waals surface area contributed by atoms with Gasteiger partial charge in [-0.05, 0) is 60.4 Å². The van der Waals surface area contributed by atoms with Gasteiger partial charge in [0.1, 0.15) is 11.2 Å². The van der Waals surface area contributed by atoms with Gasteiger partial charge in [-0.1, -0.05) is 0 Å². The van der Waals surface area contributed by atoms with Crippen LogP contribution in [0.4, 0.5) is 5.82 Å². The molecule has 0 atom stereocenters. The maximum atomic E-state index is 12.6. The van der Waals surface area contributed by atoms with Gasteiger partial charge in [-0.3, -0.25) is 14.5 Å². The number of pyridine rings is 1. The third kappa shape index (κ3) is 2.22. The van der Waals surface area contributed by atoms with Gasteiger partial charge in [-0.25, -0.2) is 4.98 Å². The number of nitrogens with two attached hydrogens (primary N) is 1. The molecule has 2 amide bonds. The zero-order valence-corrected chi connectivity index (χ0v) is 12.5. The van der Waals surface area contributed by atoms with E-state index in [2.05, 4.69) is 27.6 Å². The monoisotopic (exact) mass is 371 g/mol. The molecule has 0 bridgehead atoms. The maximum Gasteiger partial charge on any atom is 0.244 e. The molecule has 2 aliphatic rings. The Morgan fingerprint density at radius 1 is 1.42 bits per heavy atom. The summed E-state index contributed by atoms with van der Waals surface area (Å²) in [6, 6.07) is 3.92. The summed E-state index contributed by atoms with van der Waals surface area (Å²) < 4.78 is 1.02. The van der Waals surface area contributed by atoms with Crippen LogP contribution in [0.5, 0.6) is 0 Å². The van der Waals surface area contributed by atoms with Crippen molar-refractivity contribution in [3.05, 3.63) is 21.9 Å². The Labute approximate surface area is 124 Å². The van der Waals surface area contributed by atoms with Gasteiger partial charge in [0, 0.05) is 15.8 Å². The van der Waals surface area contributed by atoms with Gasteiger partial charge in [0.05, 0.1) is 0 Å². The van der Waals surface area contributed by atoms with Crippen LogP contribution in [0, 0.1) is 8.99 Å². The van der Waals surface area contributed by atoms with Crippen molar-refractivity contribution in [1.82, 2.24) is 4.98 Å². The molecule has 1 aromatic heterocycles. The predicted octanol–water partition coefficient (Wildman–Crippen LogP) is 1.45. The molecule has 2 saturated carbocycles. The highest BCUT2D eigenvalue weighted by Crippen LogP contribution is 2.49. The number of rotatable bonds is 4. The van der Waals surface area contributed by atoms with Gasteiger partial charge in [-0.15, -0.1) is 0 Å². The van der Waals surface area contributed by atoms with Crippen LogP contribution in [0.3, 0.4) is 0 Å². The minimum absolute atomic E-state index is 0.169.